The Morgan fingerprint density at radius 2 is 2.33 bits per heavy atom. The molecule has 1 aromatic heterocycles. The van der Waals surface area contributed by atoms with Gasteiger partial charge in [0.1, 0.15) is 24.6 Å². The number of ether oxygens (including phenoxy) is 1. The molecular weight excluding hydrogens is 357 g/mol. The molecule has 1 fully saturated rings. The van der Waals surface area contributed by atoms with Crippen LogP contribution in [0.3, 0.4) is 0 Å². The number of hydrogen-bond acceptors (Lipinski definition) is 7. The zero-order valence-electron chi connectivity index (χ0n) is 8.92. The number of aliphatic hydroxyl groups excluding tert-OH is 2. The van der Waals surface area contributed by atoms with Crippen molar-refractivity contribution in [3.63, 3.8) is 0 Å². The standard InChI is InChI=1S/C8H10IN3O6/c9-3-4-5(13)6(14)7(17-4)18-11-2-1-10-8(11)12(15)16/h1-2,4-7,13-14H,3H2/t4-,5-,6+,7-/m1/s1/i9-4. The van der Waals surface area contributed by atoms with Crippen LogP contribution in [0.1, 0.15) is 0 Å². The van der Waals surface area contributed by atoms with E-state index in [1.807, 2.05) is 22.6 Å². The molecule has 0 aromatic carbocycles. The first-order chi connectivity index (χ1) is 8.54. The minimum absolute atomic E-state index is 0.460. The Kier molecular flexibility index (Phi) is 3.99. The van der Waals surface area contributed by atoms with Gasteiger partial charge < -0.3 is 29.9 Å². The zero-order valence-corrected chi connectivity index (χ0v) is 11.1. The van der Waals surface area contributed by atoms with Crippen molar-refractivity contribution in [2.24, 2.45) is 0 Å². The number of aromatic nitrogens is 2. The average Bonchev–Trinajstić information content (AvgIpc) is 2.89. The Balaban J connectivity index is 2.10. The third-order valence-corrected chi connectivity index (χ3v) is 3.31. The SMILES string of the molecule is O=[N+]([O-])c1nccn1O[C@H]1O[C@H](C[123I])[C@@H](O)[C@@H]1O. The Morgan fingerprint density at radius 3 is 2.89 bits per heavy atom. The molecule has 18 heavy (non-hydrogen) atoms. The second-order valence-corrected chi connectivity index (χ2v) is 4.47. The molecule has 1 aromatic rings. The minimum atomic E-state index is -1.27. The summed E-state index contributed by atoms with van der Waals surface area (Å²) in [4.78, 5) is 18.5. The summed E-state index contributed by atoms with van der Waals surface area (Å²) in [6, 6.07) is 0. The first kappa shape index (κ1) is 13.5. The zero-order chi connectivity index (χ0) is 13.3. The van der Waals surface area contributed by atoms with Gasteiger partial charge in [0.25, 0.3) is 6.29 Å². The third-order valence-electron chi connectivity index (χ3n) is 2.44. The maximum absolute atomic E-state index is 10.6. The maximum Gasteiger partial charge on any atom is 0.471 e. The van der Waals surface area contributed by atoms with Crippen molar-refractivity contribution >= 4 is 28.5 Å². The molecular formula is C8H10IN3O6. The van der Waals surface area contributed by atoms with Gasteiger partial charge in [-0.2, -0.15) is 0 Å². The van der Waals surface area contributed by atoms with E-state index in [0.717, 1.165) is 4.73 Å². The molecule has 1 aliphatic rings. The number of imidazole rings is 1. The highest BCUT2D eigenvalue weighted by molar-refractivity contribution is 14.1. The lowest BCUT2D eigenvalue weighted by Gasteiger charge is -2.13. The molecule has 2 rings (SSSR count). The molecule has 0 spiro atoms. The van der Waals surface area contributed by atoms with E-state index >= 15 is 0 Å². The van der Waals surface area contributed by atoms with Crippen molar-refractivity contribution in [1.82, 2.24) is 9.71 Å². The van der Waals surface area contributed by atoms with Gasteiger partial charge in [-0.25, -0.2) is 0 Å². The first-order valence-corrected chi connectivity index (χ1v) is 6.49. The molecule has 4 atom stereocenters. The molecule has 0 bridgehead atoms. The van der Waals surface area contributed by atoms with Crippen LogP contribution in [0, 0.1) is 10.1 Å². The van der Waals surface area contributed by atoms with Crippen LogP contribution in [-0.4, -0.2) is 53.9 Å². The van der Waals surface area contributed by atoms with Crippen molar-refractivity contribution in [2.45, 2.75) is 24.6 Å². The van der Waals surface area contributed by atoms with E-state index in [0.29, 0.717) is 4.43 Å². The van der Waals surface area contributed by atoms with Crippen LogP contribution in [0.15, 0.2) is 12.4 Å². The third kappa shape index (κ3) is 2.41. The average molecular weight is 367 g/mol. The summed E-state index contributed by atoms with van der Waals surface area (Å²) in [5, 5.41) is 29.9. The Hall–Kier alpha value is -0.980. The highest BCUT2D eigenvalue weighted by Gasteiger charge is 2.45. The Bertz CT molecular complexity index is 440. The normalized spacial score (nSPS) is 31.5. The Labute approximate surface area is 115 Å². The van der Waals surface area contributed by atoms with Gasteiger partial charge in [0.15, 0.2) is 0 Å². The lowest BCUT2D eigenvalue weighted by atomic mass is 10.2. The van der Waals surface area contributed by atoms with Gasteiger partial charge in [-0.15, -0.1) is 0 Å². The predicted molar refractivity (Wildman–Crippen MR) is 65.0 cm³/mol. The molecule has 0 aliphatic carbocycles. The topological polar surface area (TPSA) is 120 Å². The molecule has 1 saturated heterocycles. The van der Waals surface area contributed by atoms with Crippen molar-refractivity contribution in [2.75, 3.05) is 4.43 Å². The monoisotopic (exact) mass is 367 g/mol. The van der Waals surface area contributed by atoms with E-state index in [1.54, 1.807) is 0 Å². The quantitative estimate of drug-likeness (QED) is 0.306. The molecule has 100 valence electrons. The van der Waals surface area contributed by atoms with Gasteiger partial charge in [-0.05, 0) is 9.65 Å². The molecule has 0 radical (unpaired) electrons. The molecule has 2 heterocycles. The van der Waals surface area contributed by atoms with Crippen LogP contribution in [0.4, 0.5) is 5.95 Å². The fraction of sp³-hybridized carbons (Fsp3) is 0.625. The van der Waals surface area contributed by atoms with Gasteiger partial charge in [-0.1, -0.05) is 27.6 Å². The molecule has 2 N–H and O–H groups in total. The van der Waals surface area contributed by atoms with E-state index in [2.05, 4.69) is 4.98 Å². The lowest BCUT2D eigenvalue weighted by molar-refractivity contribution is -0.404. The first-order valence-electron chi connectivity index (χ1n) is 4.97. The Morgan fingerprint density at radius 1 is 1.61 bits per heavy atom. The summed E-state index contributed by atoms with van der Waals surface area (Å²) < 4.78 is 6.49. The number of halogens is 1. The van der Waals surface area contributed by atoms with Gasteiger partial charge in [0.05, 0.1) is 6.10 Å². The number of aliphatic hydroxyl groups is 2. The summed E-state index contributed by atoms with van der Waals surface area (Å²) in [7, 11) is 0. The highest BCUT2D eigenvalue weighted by atomic mass is 123. The van der Waals surface area contributed by atoms with Gasteiger partial charge in [0, 0.05) is 4.43 Å². The smallest absolute Gasteiger partial charge is 0.390 e. The molecule has 9 nitrogen and oxygen atoms in total. The molecule has 10 heteroatoms. The van der Waals surface area contributed by atoms with E-state index < -0.39 is 35.5 Å². The van der Waals surface area contributed by atoms with Gasteiger partial charge in [-0.3, -0.25) is 0 Å². The molecule has 0 saturated carbocycles. The van der Waals surface area contributed by atoms with Gasteiger partial charge >= 0.3 is 5.95 Å². The molecule has 1 aliphatic heterocycles. The number of alkyl halides is 1. The van der Waals surface area contributed by atoms with Crippen LogP contribution in [0.2, 0.25) is 0 Å². The fourth-order valence-electron chi connectivity index (χ4n) is 1.53. The van der Waals surface area contributed by atoms with Crippen LogP contribution in [0.5, 0.6) is 0 Å². The van der Waals surface area contributed by atoms with E-state index in [9.17, 15) is 20.3 Å². The summed E-state index contributed by atoms with van der Waals surface area (Å²) in [6.07, 6.45) is -1.70. The summed E-state index contributed by atoms with van der Waals surface area (Å²) in [6.45, 7) is 0. The van der Waals surface area contributed by atoms with E-state index in [1.165, 1.54) is 12.4 Å². The van der Waals surface area contributed by atoms with Crippen molar-refractivity contribution in [1.29, 1.82) is 0 Å². The van der Waals surface area contributed by atoms with Crippen LogP contribution < -0.4 is 4.84 Å². The number of hydrogen-bond donors (Lipinski definition) is 2. The number of nitrogens with zero attached hydrogens (tertiary/aromatic N) is 3. The predicted octanol–water partition coefficient (Wildman–Crippen LogP) is -0.898. The second-order valence-electron chi connectivity index (χ2n) is 3.59. The van der Waals surface area contributed by atoms with E-state index in [-0.39, 0.29) is 0 Å². The summed E-state index contributed by atoms with van der Waals surface area (Å²) in [5.74, 6) is -0.529. The molecule has 0 unspecified atom stereocenters. The van der Waals surface area contributed by atoms with Crippen LogP contribution >= 0.6 is 22.6 Å². The number of rotatable bonds is 4. The minimum Gasteiger partial charge on any atom is -0.390 e. The fourth-order valence-corrected chi connectivity index (χ4v) is 2.26. The molecule has 0 amide bonds. The van der Waals surface area contributed by atoms with Crippen molar-refractivity contribution in [3.8, 4) is 0 Å². The summed E-state index contributed by atoms with van der Waals surface area (Å²) >= 11 is 1.99. The second kappa shape index (κ2) is 5.34. The van der Waals surface area contributed by atoms with Crippen molar-refractivity contribution < 1.29 is 24.7 Å². The highest BCUT2D eigenvalue weighted by Crippen LogP contribution is 2.23. The largest absolute Gasteiger partial charge is 0.471 e. The number of nitro groups is 1. The van der Waals surface area contributed by atoms with E-state index in [4.69, 9.17) is 9.57 Å². The summed E-state index contributed by atoms with van der Waals surface area (Å²) in [5.41, 5.74) is 0. The lowest BCUT2D eigenvalue weighted by Crippen LogP contribution is -2.38. The van der Waals surface area contributed by atoms with Crippen LogP contribution in [0.25, 0.3) is 0 Å². The van der Waals surface area contributed by atoms with Gasteiger partial charge in [0.2, 0.25) is 0 Å². The maximum atomic E-state index is 10.6. The van der Waals surface area contributed by atoms with Crippen molar-refractivity contribution in [3.05, 3.63) is 22.5 Å². The van der Waals surface area contributed by atoms with Crippen LogP contribution in [-0.2, 0) is 4.74 Å².